The van der Waals surface area contributed by atoms with Crippen molar-refractivity contribution in [3.05, 3.63) is 42.6 Å². The first-order chi connectivity index (χ1) is 8.61. The van der Waals surface area contributed by atoms with Gasteiger partial charge in [0.2, 0.25) is 0 Å². The van der Waals surface area contributed by atoms with Crippen LogP contribution in [0.1, 0.15) is 11.8 Å². The van der Waals surface area contributed by atoms with Crippen LogP contribution in [0.5, 0.6) is 0 Å². The van der Waals surface area contributed by atoms with Crippen LogP contribution >= 0.6 is 59.1 Å². The highest BCUT2D eigenvalue weighted by molar-refractivity contribution is 9.11. The molecule has 2 aromatic rings. The van der Waals surface area contributed by atoms with Gasteiger partial charge in [0, 0.05) is 35.3 Å². The van der Waals surface area contributed by atoms with Gasteiger partial charge < -0.3 is 5.32 Å². The molecule has 0 bridgehead atoms. The van der Waals surface area contributed by atoms with Gasteiger partial charge in [0.1, 0.15) is 0 Å². The minimum absolute atomic E-state index is 0.937. The zero-order chi connectivity index (χ0) is 13.1. The Balaban J connectivity index is 2.34. The van der Waals surface area contributed by atoms with Crippen molar-refractivity contribution < 1.29 is 0 Å². The SMILES string of the molecule is CCNCc1ccc(-c2c(Br)cc(Br)cc2Br)s1. The van der Waals surface area contributed by atoms with E-state index in [1.54, 1.807) is 0 Å². The fourth-order valence-corrected chi connectivity index (χ4v) is 5.63. The van der Waals surface area contributed by atoms with Gasteiger partial charge >= 0.3 is 0 Å². The zero-order valence-electron chi connectivity index (χ0n) is 9.77. The van der Waals surface area contributed by atoms with Crippen molar-refractivity contribution in [2.75, 3.05) is 6.54 Å². The second kappa shape index (κ2) is 6.66. The summed E-state index contributed by atoms with van der Waals surface area (Å²) in [5.41, 5.74) is 1.21. The smallest absolute Gasteiger partial charge is 0.0368 e. The number of nitrogens with one attached hydrogen (secondary N) is 1. The summed E-state index contributed by atoms with van der Waals surface area (Å²) in [6.07, 6.45) is 0. The van der Waals surface area contributed by atoms with Crippen LogP contribution in [0.25, 0.3) is 10.4 Å². The minimum Gasteiger partial charge on any atom is -0.312 e. The van der Waals surface area contributed by atoms with Crippen LogP contribution in [0.2, 0.25) is 0 Å². The van der Waals surface area contributed by atoms with Crippen LogP contribution in [-0.4, -0.2) is 6.54 Å². The summed E-state index contributed by atoms with van der Waals surface area (Å²) in [6, 6.07) is 8.51. The average molecular weight is 454 g/mol. The van der Waals surface area contributed by atoms with E-state index in [1.807, 2.05) is 11.3 Å². The van der Waals surface area contributed by atoms with E-state index in [1.165, 1.54) is 15.3 Å². The largest absolute Gasteiger partial charge is 0.312 e. The van der Waals surface area contributed by atoms with Crippen molar-refractivity contribution in [1.82, 2.24) is 5.32 Å². The molecule has 2 rings (SSSR count). The van der Waals surface area contributed by atoms with Crippen LogP contribution in [0.15, 0.2) is 37.7 Å². The predicted octanol–water partition coefficient (Wildman–Crippen LogP) is 5.81. The number of hydrogen-bond acceptors (Lipinski definition) is 2. The third-order valence-corrected chi connectivity index (χ3v) is 5.28. The molecule has 96 valence electrons. The molecule has 0 aliphatic carbocycles. The summed E-state index contributed by atoms with van der Waals surface area (Å²) in [7, 11) is 0. The fourth-order valence-electron chi connectivity index (χ4n) is 1.63. The Hall–Kier alpha value is 0.320. The summed E-state index contributed by atoms with van der Waals surface area (Å²) in [4.78, 5) is 2.63. The first-order valence-electron chi connectivity index (χ1n) is 5.56. The molecule has 0 fully saturated rings. The Morgan fingerprint density at radius 2 is 1.78 bits per heavy atom. The van der Waals surface area contributed by atoms with Crippen LogP contribution in [0, 0.1) is 0 Å². The Morgan fingerprint density at radius 1 is 1.11 bits per heavy atom. The van der Waals surface area contributed by atoms with E-state index >= 15 is 0 Å². The summed E-state index contributed by atoms with van der Waals surface area (Å²) in [5.74, 6) is 0. The lowest BCUT2D eigenvalue weighted by atomic mass is 10.2. The van der Waals surface area contributed by atoms with Crippen molar-refractivity contribution in [3.8, 4) is 10.4 Å². The molecule has 0 aliphatic heterocycles. The van der Waals surface area contributed by atoms with Gasteiger partial charge in [-0.3, -0.25) is 0 Å². The number of benzene rings is 1. The molecule has 0 atom stereocenters. The summed E-state index contributed by atoms with van der Waals surface area (Å²) >= 11 is 12.6. The summed E-state index contributed by atoms with van der Waals surface area (Å²) < 4.78 is 3.26. The molecule has 0 spiro atoms. The quantitative estimate of drug-likeness (QED) is 0.615. The standard InChI is InChI=1S/C13H12Br3NS/c1-2-17-7-9-3-4-12(18-9)13-10(15)5-8(14)6-11(13)16/h3-6,17H,2,7H2,1H3. The molecule has 1 aromatic heterocycles. The average Bonchev–Trinajstić information content (AvgIpc) is 2.73. The lowest BCUT2D eigenvalue weighted by molar-refractivity contribution is 0.735. The maximum atomic E-state index is 3.63. The Kier molecular flexibility index (Phi) is 5.45. The molecule has 0 radical (unpaired) electrons. The van der Waals surface area contributed by atoms with Gasteiger partial charge in [-0.05, 0) is 30.8 Å². The highest BCUT2D eigenvalue weighted by atomic mass is 79.9. The first-order valence-corrected chi connectivity index (χ1v) is 8.75. The van der Waals surface area contributed by atoms with E-state index in [0.29, 0.717) is 0 Å². The van der Waals surface area contributed by atoms with Crippen LogP contribution in [-0.2, 0) is 6.54 Å². The molecule has 0 saturated carbocycles. The van der Waals surface area contributed by atoms with Crippen LogP contribution in [0.3, 0.4) is 0 Å². The van der Waals surface area contributed by atoms with Crippen molar-refractivity contribution >= 4 is 59.1 Å². The van der Waals surface area contributed by atoms with Gasteiger partial charge in [0.05, 0.1) is 0 Å². The number of hydrogen-bond donors (Lipinski definition) is 1. The molecule has 1 nitrogen and oxygen atoms in total. The minimum atomic E-state index is 0.937. The number of thiophene rings is 1. The van der Waals surface area contributed by atoms with E-state index in [-0.39, 0.29) is 0 Å². The summed E-state index contributed by atoms with van der Waals surface area (Å²) in [6.45, 7) is 4.06. The molecular formula is C13H12Br3NS. The van der Waals surface area contributed by atoms with Crippen LogP contribution in [0.4, 0.5) is 0 Å². The summed E-state index contributed by atoms with van der Waals surface area (Å²) in [5, 5.41) is 3.35. The van der Waals surface area contributed by atoms with E-state index in [4.69, 9.17) is 0 Å². The van der Waals surface area contributed by atoms with Crippen molar-refractivity contribution in [2.45, 2.75) is 13.5 Å². The fraction of sp³-hybridized carbons (Fsp3) is 0.231. The maximum absolute atomic E-state index is 3.63. The van der Waals surface area contributed by atoms with Gasteiger partial charge in [0.15, 0.2) is 0 Å². The molecule has 0 unspecified atom stereocenters. The maximum Gasteiger partial charge on any atom is 0.0368 e. The van der Waals surface area contributed by atoms with E-state index in [0.717, 1.165) is 26.5 Å². The van der Waals surface area contributed by atoms with E-state index in [9.17, 15) is 0 Å². The molecule has 1 heterocycles. The Bertz CT molecular complexity index is 528. The van der Waals surface area contributed by atoms with Gasteiger partial charge in [-0.2, -0.15) is 0 Å². The lowest BCUT2D eigenvalue weighted by Gasteiger charge is -2.06. The predicted molar refractivity (Wildman–Crippen MR) is 90.2 cm³/mol. The van der Waals surface area contributed by atoms with Gasteiger partial charge in [-0.25, -0.2) is 0 Å². The monoisotopic (exact) mass is 451 g/mol. The Labute approximate surface area is 136 Å². The molecule has 1 N–H and O–H groups in total. The topological polar surface area (TPSA) is 12.0 Å². The molecular weight excluding hydrogens is 442 g/mol. The van der Waals surface area contributed by atoms with E-state index < -0.39 is 0 Å². The second-order valence-electron chi connectivity index (χ2n) is 3.79. The molecule has 18 heavy (non-hydrogen) atoms. The van der Waals surface area contributed by atoms with E-state index in [2.05, 4.69) is 84.3 Å². The third kappa shape index (κ3) is 3.45. The number of halogens is 3. The first kappa shape index (κ1) is 14.7. The number of rotatable bonds is 4. The lowest BCUT2D eigenvalue weighted by Crippen LogP contribution is -2.10. The van der Waals surface area contributed by atoms with Crippen molar-refractivity contribution in [3.63, 3.8) is 0 Å². The second-order valence-corrected chi connectivity index (χ2v) is 7.58. The molecule has 0 amide bonds. The Morgan fingerprint density at radius 3 is 2.39 bits per heavy atom. The molecule has 0 saturated heterocycles. The van der Waals surface area contributed by atoms with Crippen LogP contribution < -0.4 is 5.32 Å². The molecule has 0 aliphatic rings. The van der Waals surface area contributed by atoms with Gasteiger partial charge in [0.25, 0.3) is 0 Å². The molecule has 5 heteroatoms. The van der Waals surface area contributed by atoms with Crippen molar-refractivity contribution in [1.29, 1.82) is 0 Å². The van der Waals surface area contributed by atoms with Crippen molar-refractivity contribution in [2.24, 2.45) is 0 Å². The highest BCUT2D eigenvalue weighted by Crippen LogP contribution is 2.40. The third-order valence-electron chi connectivity index (χ3n) is 2.46. The highest BCUT2D eigenvalue weighted by Gasteiger charge is 2.11. The molecule has 1 aromatic carbocycles. The van der Waals surface area contributed by atoms with Gasteiger partial charge in [-0.1, -0.05) is 54.7 Å². The zero-order valence-corrected chi connectivity index (χ0v) is 15.3. The van der Waals surface area contributed by atoms with Gasteiger partial charge in [-0.15, -0.1) is 11.3 Å². The normalized spacial score (nSPS) is 10.9.